The lowest BCUT2D eigenvalue weighted by atomic mass is 10.1. The first-order valence-corrected chi connectivity index (χ1v) is 12.4. The molecular formula is C22H23ClN2O2S2. The van der Waals surface area contributed by atoms with E-state index in [9.17, 15) is 8.42 Å². The van der Waals surface area contributed by atoms with E-state index in [1.165, 1.54) is 11.1 Å². The maximum Gasteiger partial charge on any atom is 0.185 e. The standard InChI is InChI=1S/C22H23ClN2O2S2/c1-15-10-16(2)12-17(11-15)21-14-28-22(24-21)25-8-6-19(7-9-25)29(26,27)20-5-3-4-18(23)13-20/h3-5,10-14,19H,6-9H2,1-2H3. The van der Waals surface area contributed by atoms with E-state index >= 15 is 0 Å². The van der Waals surface area contributed by atoms with Crippen molar-refractivity contribution in [1.29, 1.82) is 0 Å². The summed E-state index contributed by atoms with van der Waals surface area (Å²) < 4.78 is 25.9. The third kappa shape index (κ3) is 4.34. The Hall–Kier alpha value is -1.89. The van der Waals surface area contributed by atoms with E-state index in [4.69, 9.17) is 16.6 Å². The molecule has 2 aromatic carbocycles. The molecular weight excluding hydrogens is 424 g/mol. The Labute approximate surface area is 181 Å². The van der Waals surface area contributed by atoms with Gasteiger partial charge in [-0.15, -0.1) is 11.3 Å². The molecule has 0 unspecified atom stereocenters. The Morgan fingerprint density at radius 2 is 1.76 bits per heavy atom. The number of anilines is 1. The van der Waals surface area contributed by atoms with Gasteiger partial charge in [0.2, 0.25) is 0 Å². The molecule has 1 aliphatic rings. The van der Waals surface area contributed by atoms with Crippen LogP contribution >= 0.6 is 22.9 Å². The molecule has 0 N–H and O–H groups in total. The van der Waals surface area contributed by atoms with Crippen molar-refractivity contribution >= 4 is 37.9 Å². The van der Waals surface area contributed by atoms with Crippen LogP contribution in [0, 0.1) is 13.8 Å². The highest BCUT2D eigenvalue weighted by Crippen LogP contribution is 2.32. The van der Waals surface area contributed by atoms with Crippen molar-refractivity contribution in [3.05, 3.63) is 64.0 Å². The topological polar surface area (TPSA) is 50.3 Å². The molecule has 29 heavy (non-hydrogen) atoms. The number of aryl methyl sites for hydroxylation is 2. The molecule has 0 radical (unpaired) electrons. The Bertz CT molecular complexity index is 1110. The van der Waals surface area contributed by atoms with Crippen LogP contribution in [-0.2, 0) is 9.84 Å². The van der Waals surface area contributed by atoms with Gasteiger partial charge in [-0.05, 0) is 57.0 Å². The maximum absolute atomic E-state index is 12.9. The lowest BCUT2D eigenvalue weighted by Gasteiger charge is -2.31. The highest BCUT2D eigenvalue weighted by atomic mass is 35.5. The number of halogens is 1. The van der Waals surface area contributed by atoms with Crippen molar-refractivity contribution < 1.29 is 8.42 Å². The number of piperidine rings is 1. The third-order valence-electron chi connectivity index (χ3n) is 5.29. The smallest absolute Gasteiger partial charge is 0.185 e. The zero-order valence-corrected chi connectivity index (χ0v) is 18.8. The number of hydrogen-bond acceptors (Lipinski definition) is 5. The quantitative estimate of drug-likeness (QED) is 0.529. The molecule has 0 bridgehead atoms. The fourth-order valence-corrected chi connectivity index (χ4v) is 6.78. The van der Waals surface area contributed by atoms with E-state index in [-0.39, 0.29) is 5.25 Å². The molecule has 0 saturated carbocycles. The van der Waals surface area contributed by atoms with E-state index in [1.807, 2.05) is 0 Å². The molecule has 1 saturated heterocycles. The number of benzene rings is 2. The van der Waals surface area contributed by atoms with E-state index in [2.05, 4.69) is 42.3 Å². The summed E-state index contributed by atoms with van der Waals surface area (Å²) in [5.74, 6) is 0. The lowest BCUT2D eigenvalue weighted by molar-refractivity contribution is 0.529. The van der Waals surface area contributed by atoms with Crippen LogP contribution in [0.2, 0.25) is 5.02 Å². The predicted molar refractivity (Wildman–Crippen MR) is 121 cm³/mol. The highest BCUT2D eigenvalue weighted by molar-refractivity contribution is 7.92. The average Bonchev–Trinajstić information content (AvgIpc) is 3.18. The normalized spacial score (nSPS) is 15.6. The summed E-state index contributed by atoms with van der Waals surface area (Å²) in [6.45, 7) is 5.55. The van der Waals surface area contributed by atoms with Crippen molar-refractivity contribution in [3.63, 3.8) is 0 Å². The highest BCUT2D eigenvalue weighted by Gasteiger charge is 2.32. The molecule has 0 atom stereocenters. The van der Waals surface area contributed by atoms with Crippen LogP contribution in [0.25, 0.3) is 11.3 Å². The summed E-state index contributed by atoms with van der Waals surface area (Å²) in [4.78, 5) is 7.33. The molecule has 0 amide bonds. The molecule has 3 aromatic rings. The van der Waals surface area contributed by atoms with Crippen molar-refractivity contribution in [2.75, 3.05) is 18.0 Å². The first-order valence-electron chi connectivity index (χ1n) is 9.61. The molecule has 1 aromatic heterocycles. The van der Waals surface area contributed by atoms with Gasteiger partial charge in [0, 0.05) is 29.1 Å². The fraction of sp³-hybridized carbons (Fsp3) is 0.318. The number of sulfone groups is 1. The molecule has 152 valence electrons. The van der Waals surface area contributed by atoms with Crippen LogP contribution in [0.5, 0.6) is 0 Å². The molecule has 4 rings (SSSR count). The lowest BCUT2D eigenvalue weighted by Crippen LogP contribution is -2.39. The zero-order valence-electron chi connectivity index (χ0n) is 16.4. The minimum absolute atomic E-state index is 0.315. The number of thiazole rings is 1. The van der Waals surface area contributed by atoms with Gasteiger partial charge in [-0.1, -0.05) is 34.9 Å². The van der Waals surface area contributed by atoms with Gasteiger partial charge >= 0.3 is 0 Å². The van der Waals surface area contributed by atoms with E-state index in [0.717, 1.165) is 16.4 Å². The average molecular weight is 447 g/mol. The second-order valence-corrected chi connectivity index (χ2v) is 11.1. The largest absolute Gasteiger partial charge is 0.348 e. The van der Waals surface area contributed by atoms with Gasteiger partial charge in [-0.2, -0.15) is 0 Å². The molecule has 0 spiro atoms. The third-order valence-corrected chi connectivity index (χ3v) is 8.68. The Balaban J connectivity index is 1.47. The molecule has 1 fully saturated rings. The van der Waals surface area contributed by atoms with Crippen LogP contribution < -0.4 is 4.90 Å². The van der Waals surface area contributed by atoms with Crippen molar-refractivity contribution in [2.24, 2.45) is 0 Å². The monoisotopic (exact) mass is 446 g/mol. The maximum atomic E-state index is 12.9. The Morgan fingerprint density at radius 3 is 2.41 bits per heavy atom. The van der Waals surface area contributed by atoms with Gasteiger partial charge in [0.1, 0.15) is 0 Å². The summed E-state index contributed by atoms with van der Waals surface area (Å²) in [5, 5.41) is 3.11. The van der Waals surface area contributed by atoms with Gasteiger partial charge in [0.25, 0.3) is 0 Å². The summed E-state index contributed by atoms with van der Waals surface area (Å²) in [7, 11) is -3.37. The number of hydrogen-bond donors (Lipinski definition) is 0. The minimum atomic E-state index is -3.37. The van der Waals surface area contributed by atoms with Crippen LogP contribution in [0.3, 0.4) is 0 Å². The second-order valence-electron chi connectivity index (χ2n) is 7.58. The zero-order chi connectivity index (χ0) is 20.6. The van der Waals surface area contributed by atoms with E-state index in [1.54, 1.807) is 35.6 Å². The molecule has 2 heterocycles. The first-order chi connectivity index (χ1) is 13.8. The molecule has 1 aliphatic heterocycles. The number of rotatable bonds is 4. The number of aromatic nitrogens is 1. The second kappa shape index (κ2) is 8.09. The fourth-order valence-electron chi connectivity index (χ4n) is 3.86. The van der Waals surface area contributed by atoms with Crippen LogP contribution in [-0.4, -0.2) is 31.7 Å². The van der Waals surface area contributed by atoms with E-state index in [0.29, 0.717) is 35.8 Å². The first kappa shape index (κ1) is 20.4. The Morgan fingerprint density at radius 1 is 1.07 bits per heavy atom. The van der Waals surface area contributed by atoms with Crippen molar-refractivity contribution in [3.8, 4) is 11.3 Å². The molecule has 4 nitrogen and oxygen atoms in total. The SMILES string of the molecule is Cc1cc(C)cc(-c2csc(N3CCC(S(=O)(=O)c4cccc(Cl)c4)CC3)n2)c1. The summed E-state index contributed by atoms with van der Waals surface area (Å²) in [5.41, 5.74) is 4.55. The van der Waals surface area contributed by atoms with Gasteiger partial charge in [-0.25, -0.2) is 13.4 Å². The number of nitrogens with zero attached hydrogens (tertiary/aromatic N) is 2. The Kier molecular flexibility index (Phi) is 5.69. The summed E-state index contributed by atoms with van der Waals surface area (Å²) in [6, 6.07) is 13.0. The van der Waals surface area contributed by atoms with E-state index < -0.39 is 9.84 Å². The van der Waals surface area contributed by atoms with Gasteiger partial charge in [-0.3, -0.25) is 0 Å². The molecule has 0 aliphatic carbocycles. The summed E-state index contributed by atoms with van der Waals surface area (Å²) in [6.07, 6.45) is 1.18. The van der Waals surface area contributed by atoms with Crippen LogP contribution in [0.4, 0.5) is 5.13 Å². The van der Waals surface area contributed by atoms with Gasteiger partial charge < -0.3 is 4.90 Å². The minimum Gasteiger partial charge on any atom is -0.348 e. The van der Waals surface area contributed by atoms with Crippen LogP contribution in [0.15, 0.2) is 52.7 Å². The molecule has 7 heteroatoms. The van der Waals surface area contributed by atoms with Gasteiger partial charge in [0.15, 0.2) is 15.0 Å². The predicted octanol–water partition coefficient (Wildman–Crippen LogP) is 5.52. The van der Waals surface area contributed by atoms with Crippen molar-refractivity contribution in [2.45, 2.75) is 36.8 Å². The van der Waals surface area contributed by atoms with Gasteiger partial charge in [0.05, 0.1) is 15.8 Å². The van der Waals surface area contributed by atoms with Crippen molar-refractivity contribution in [1.82, 2.24) is 4.98 Å². The summed E-state index contributed by atoms with van der Waals surface area (Å²) >= 11 is 7.60. The van der Waals surface area contributed by atoms with Crippen LogP contribution in [0.1, 0.15) is 24.0 Å².